The lowest BCUT2D eigenvalue weighted by molar-refractivity contribution is -0.384. The zero-order chi connectivity index (χ0) is 31.1. The van der Waals surface area contributed by atoms with Crippen molar-refractivity contribution in [3.05, 3.63) is 94.8 Å². The first kappa shape index (κ1) is 31.4. The number of aromatic nitrogens is 1. The quantitative estimate of drug-likeness (QED) is 0.125. The van der Waals surface area contributed by atoms with Gasteiger partial charge in [-0.05, 0) is 80.6 Å². The number of carbonyl (C=O) groups is 1. The summed E-state index contributed by atoms with van der Waals surface area (Å²) < 4.78 is 32.1. The van der Waals surface area contributed by atoms with Gasteiger partial charge in [0.2, 0.25) is 0 Å². The molecule has 226 valence electrons. The van der Waals surface area contributed by atoms with Gasteiger partial charge in [0.25, 0.3) is 5.69 Å². The molecule has 1 amide bonds. The van der Waals surface area contributed by atoms with E-state index in [1.165, 1.54) is 21.3 Å². The number of phenols is 1. The number of benzene rings is 3. The van der Waals surface area contributed by atoms with Crippen molar-refractivity contribution in [3.8, 4) is 16.9 Å². The minimum Gasteiger partial charge on any atom is -0.755 e. The van der Waals surface area contributed by atoms with E-state index >= 15 is 0 Å². The van der Waals surface area contributed by atoms with E-state index in [-0.39, 0.29) is 31.1 Å². The highest BCUT2D eigenvalue weighted by Gasteiger charge is 2.23. The lowest BCUT2D eigenvalue weighted by Gasteiger charge is -2.32. The molecule has 0 aliphatic rings. The Morgan fingerprint density at radius 3 is 2.33 bits per heavy atom. The average molecular weight is 606 g/mol. The van der Waals surface area contributed by atoms with Crippen molar-refractivity contribution in [1.82, 2.24) is 9.88 Å². The molecule has 12 heteroatoms. The number of aromatic hydroxyl groups is 1. The number of anilines is 1. The number of nitro benzene ring substituents is 1. The summed E-state index contributed by atoms with van der Waals surface area (Å²) in [4.78, 5) is 29.3. The number of nitrogens with zero attached hydrogens (tertiary/aromatic N) is 4. The number of phenolic OH excluding ortho intramolecular Hbond substituents is 1. The van der Waals surface area contributed by atoms with Crippen molar-refractivity contribution >= 4 is 39.5 Å². The largest absolute Gasteiger partial charge is 0.755 e. The fraction of sp³-hybridized carbons (Fsp3) is 0.290. The van der Waals surface area contributed by atoms with Gasteiger partial charge < -0.3 is 23.6 Å². The van der Waals surface area contributed by atoms with E-state index in [1.54, 1.807) is 81.7 Å². The summed E-state index contributed by atoms with van der Waals surface area (Å²) in [5.74, 6) is 0.115. The van der Waals surface area contributed by atoms with Crippen molar-refractivity contribution in [3.63, 3.8) is 0 Å². The van der Waals surface area contributed by atoms with Gasteiger partial charge in [-0.3, -0.25) is 19.3 Å². The first-order valence-corrected chi connectivity index (χ1v) is 14.7. The van der Waals surface area contributed by atoms with E-state index in [0.29, 0.717) is 23.9 Å². The van der Waals surface area contributed by atoms with Crippen molar-refractivity contribution in [2.75, 3.05) is 23.9 Å². The molecule has 1 aromatic heterocycles. The van der Waals surface area contributed by atoms with Crippen LogP contribution in [0.4, 0.5) is 16.2 Å². The van der Waals surface area contributed by atoms with Gasteiger partial charge in [0.15, 0.2) is 0 Å². The molecule has 1 heterocycles. The molecule has 3 aromatic carbocycles. The highest BCUT2D eigenvalue weighted by Crippen LogP contribution is 2.34. The van der Waals surface area contributed by atoms with Crippen molar-refractivity contribution in [2.24, 2.45) is 0 Å². The molecule has 1 unspecified atom stereocenters. The molecule has 1 N–H and O–H groups in total. The van der Waals surface area contributed by atoms with Crippen LogP contribution in [0.15, 0.2) is 79.1 Å². The van der Waals surface area contributed by atoms with Gasteiger partial charge >= 0.3 is 6.09 Å². The number of pyridine rings is 1. The Morgan fingerprint density at radius 2 is 1.70 bits per heavy atom. The van der Waals surface area contributed by atoms with Gasteiger partial charge in [0.1, 0.15) is 11.4 Å². The van der Waals surface area contributed by atoms with Crippen LogP contribution < -0.4 is 4.31 Å². The molecule has 1 atom stereocenters. The lowest BCUT2D eigenvalue weighted by atomic mass is 10.0. The number of carbonyl (C=O) groups excluding carboxylic acids is 1. The SMILES string of the molecule is CC(C)(C)OC(=O)N(CCCc1ccc([N+](=O)[O-])cc1)CCN(c1cc(-c2ccc(O)cc2)cc2cnccc12)S(=O)[O-]. The maximum atomic E-state index is 13.1. The molecule has 43 heavy (non-hydrogen) atoms. The van der Waals surface area contributed by atoms with Crippen LogP contribution in [0.25, 0.3) is 21.9 Å². The molecule has 0 aliphatic heterocycles. The van der Waals surface area contributed by atoms with Gasteiger partial charge in [-0.25, -0.2) is 4.79 Å². The van der Waals surface area contributed by atoms with Crippen LogP contribution in [-0.2, 0) is 22.4 Å². The normalized spacial score (nSPS) is 12.1. The predicted octanol–water partition coefficient (Wildman–Crippen LogP) is 5.99. The number of ether oxygens (including phenoxy) is 1. The highest BCUT2D eigenvalue weighted by atomic mass is 32.2. The van der Waals surface area contributed by atoms with Crippen LogP contribution in [0, 0.1) is 10.1 Å². The van der Waals surface area contributed by atoms with Crippen LogP contribution in [0.2, 0.25) is 0 Å². The Labute approximate surface area is 252 Å². The third-order valence-corrected chi connectivity index (χ3v) is 7.38. The summed E-state index contributed by atoms with van der Waals surface area (Å²) in [7, 11) is 0. The van der Waals surface area contributed by atoms with Gasteiger partial charge in [-0.15, -0.1) is 0 Å². The van der Waals surface area contributed by atoms with Crippen molar-refractivity contribution in [2.45, 2.75) is 39.2 Å². The van der Waals surface area contributed by atoms with Crippen LogP contribution in [0.5, 0.6) is 5.75 Å². The van der Waals surface area contributed by atoms with Crippen LogP contribution in [0.3, 0.4) is 0 Å². The standard InChI is InChI=1S/C31H34N4O7S/c1-31(2,3)42-30(37)33(16-4-5-22-6-10-26(11-7-22)35(38)39)17-18-34(43(40)41)29-20-24(23-8-12-27(36)13-9-23)19-25-21-32-15-14-28(25)29/h6-15,19-21,36H,4-5,16-18H2,1-3H3,(H,40,41)/p-1. The van der Waals surface area contributed by atoms with Gasteiger partial charge in [-0.2, -0.15) is 0 Å². The Morgan fingerprint density at radius 1 is 1.00 bits per heavy atom. The minimum atomic E-state index is -2.68. The van der Waals surface area contributed by atoms with Crippen molar-refractivity contribution in [1.29, 1.82) is 0 Å². The number of hydrogen-bond acceptors (Lipinski definition) is 8. The van der Waals surface area contributed by atoms with E-state index in [2.05, 4.69) is 4.98 Å². The fourth-order valence-electron chi connectivity index (χ4n) is 4.58. The van der Waals surface area contributed by atoms with E-state index in [0.717, 1.165) is 22.1 Å². The maximum Gasteiger partial charge on any atom is 0.410 e. The Balaban J connectivity index is 1.58. The number of nitro groups is 1. The molecule has 0 aliphatic carbocycles. The second kappa shape index (κ2) is 13.6. The molecule has 0 spiro atoms. The molecular weight excluding hydrogens is 572 g/mol. The van der Waals surface area contributed by atoms with Gasteiger partial charge in [0.05, 0.1) is 10.6 Å². The third kappa shape index (κ3) is 8.49. The van der Waals surface area contributed by atoms with Gasteiger partial charge in [0, 0.05) is 66.2 Å². The number of fused-ring (bicyclic) bond motifs is 1. The monoisotopic (exact) mass is 605 g/mol. The lowest BCUT2D eigenvalue weighted by Crippen LogP contribution is -2.42. The molecule has 0 bridgehead atoms. The van der Waals surface area contributed by atoms with Crippen LogP contribution in [0.1, 0.15) is 32.8 Å². The zero-order valence-electron chi connectivity index (χ0n) is 24.1. The number of hydrogen-bond donors (Lipinski definition) is 1. The summed E-state index contributed by atoms with van der Waals surface area (Å²) in [6.07, 6.45) is 3.76. The first-order valence-electron chi connectivity index (χ1n) is 13.7. The molecule has 4 rings (SSSR count). The maximum absolute atomic E-state index is 13.1. The second-order valence-corrected chi connectivity index (χ2v) is 11.8. The van der Waals surface area contributed by atoms with E-state index in [4.69, 9.17) is 4.74 Å². The summed E-state index contributed by atoms with van der Waals surface area (Å²) in [6, 6.07) is 18.2. The molecular formula is C31H33N4O7S-. The van der Waals surface area contributed by atoms with Crippen LogP contribution >= 0.6 is 0 Å². The number of aryl methyl sites for hydroxylation is 1. The van der Waals surface area contributed by atoms with Crippen LogP contribution in [-0.4, -0.2) is 60.0 Å². The smallest absolute Gasteiger partial charge is 0.410 e. The number of rotatable bonds is 11. The summed E-state index contributed by atoms with van der Waals surface area (Å²) in [5, 5.41) is 22.1. The van der Waals surface area contributed by atoms with Gasteiger partial charge in [-0.1, -0.05) is 24.3 Å². The number of amides is 1. The average Bonchev–Trinajstić information content (AvgIpc) is 2.95. The minimum absolute atomic E-state index is 0.00243. The third-order valence-electron chi connectivity index (χ3n) is 6.65. The Kier molecular flexibility index (Phi) is 9.94. The predicted molar refractivity (Wildman–Crippen MR) is 164 cm³/mol. The Hall–Kier alpha value is -4.55. The first-order chi connectivity index (χ1) is 20.4. The van der Waals surface area contributed by atoms with E-state index < -0.39 is 27.9 Å². The highest BCUT2D eigenvalue weighted by molar-refractivity contribution is 7.80. The molecule has 0 saturated carbocycles. The fourth-order valence-corrected chi connectivity index (χ4v) is 5.12. The number of non-ortho nitro benzene ring substituents is 1. The molecule has 0 fully saturated rings. The van der Waals surface area contributed by atoms with E-state index in [1.807, 2.05) is 6.07 Å². The molecule has 0 saturated heterocycles. The molecule has 11 nitrogen and oxygen atoms in total. The molecule has 4 aromatic rings. The van der Waals surface area contributed by atoms with Crippen molar-refractivity contribution < 1.29 is 28.3 Å². The summed E-state index contributed by atoms with van der Waals surface area (Å²) in [6.45, 7) is 5.57. The molecule has 0 radical (unpaired) electrons. The van der Waals surface area contributed by atoms with E-state index in [9.17, 15) is 28.8 Å². The topological polar surface area (TPSA) is 149 Å². The zero-order valence-corrected chi connectivity index (χ0v) is 25.0. The summed E-state index contributed by atoms with van der Waals surface area (Å²) in [5.41, 5.74) is 2.06. The Bertz CT molecular complexity index is 1610. The summed E-state index contributed by atoms with van der Waals surface area (Å²) >= 11 is -2.68. The second-order valence-electron chi connectivity index (χ2n) is 11.0.